The van der Waals surface area contributed by atoms with Crippen LogP contribution < -0.4 is 16.0 Å². The fourth-order valence-corrected chi connectivity index (χ4v) is 7.79. The SMILES string of the molecule is CC(C)(C)OC(=O)c1c(NC(=O)NCc2c(C(C)(F)F)sc3c2CCNC3)sc2c1CCC1(C2)OCCO1. The number of carbonyl (C=O) groups excluding carboxylic acids is 2. The largest absolute Gasteiger partial charge is 0.456 e. The van der Waals surface area contributed by atoms with Gasteiger partial charge in [0.2, 0.25) is 0 Å². The molecule has 0 aromatic carbocycles. The Bertz CT molecular complexity index is 1240. The number of carbonyl (C=O) groups is 2. The molecule has 1 saturated heterocycles. The topological polar surface area (TPSA) is 97.9 Å². The summed E-state index contributed by atoms with van der Waals surface area (Å²) >= 11 is 2.40. The number of rotatable bonds is 5. The Morgan fingerprint density at radius 2 is 1.82 bits per heavy atom. The van der Waals surface area contributed by atoms with Gasteiger partial charge >= 0.3 is 12.0 Å². The molecule has 1 aliphatic carbocycles. The molecule has 4 heterocycles. The minimum absolute atomic E-state index is 0.0191. The molecule has 0 radical (unpaired) electrons. The van der Waals surface area contributed by atoms with Crippen LogP contribution in [0.4, 0.5) is 18.6 Å². The zero-order chi connectivity index (χ0) is 27.3. The molecular weight excluding hydrogens is 536 g/mol. The summed E-state index contributed by atoms with van der Waals surface area (Å²) in [5.74, 6) is -4.22. The van der Waals surface area contributed by atoms with Gasteiger partial charge < -0.3 is 24.8 Å². The zero-order valence-corrected chi connectivity index (χ0v) is 23.6. The van der Waals surface area contributed by atoms with Crippen LogP contribution in [0.5, 0.6) is 0 Å². The number of hydrogen-bond donors (Lipinski definition) is 3. The van der Waals surface area contributed by atoms with E-state index in [-0.39, 0.29) is 11.4 Å². The second kappa shape index (κ2) is 10.1. The minimum Gasteiger partial charge on any atom is -0.456 e. The van der Waals surface area contributed by atoms with Gasteiger partial charge in [0.25, 0.3) is 5.92 Å². The number of halogens is 2. The summed E-state index contributed by atoms with van der Waals surface area (Å²) in [4.78, 5) is 28.0. The van der Waals surface area contributed by atoms with Crippen molar-refractivity contribution in [2.45, 2.75) is 83.8 Å². The molecule has 0 unspecified atom stereocenters. The van der Waals surface area contributed by atoms with Crippen molar-refractivity contribution in [1.29, 1.82) is 0 Å². The predicted octanol–water partition coefficient (Wildman–Crippen LogP) is 5.08. The lowest BCUT2D eigenvalue weighted by Gasteiger charge is -2.31. The van der Waals surface area contributed by atoms with E-state index in [2.05, 4.69) is 16.0 Å². The molecule has 5 rings (SSSR count). The van der Waals surface area contributed by atoms with Gasteiger partial charge in [0, 0.05) is 42.6 Å². The quantitative estimate of drug-likeness (QED) is 0.435. The highest BCUT2D eigenvalue weighted by Crippen LogP contribution is 2.44. The van der Waals surface area contributed by atoms with Crippen LogP contribution >= 0.6 is 22.7 Å². The van der Waals surface area contributed by atoms with Gasteiger partial charge in [-0.1, -0.05) is 0 Å². The lowest BCUT2D eigenvalue weighted by molar-refractivity contribution is -0.163. The number of nitrogens with one attached hydrogen (secondary N) is 3. The van der Waals surface area contributed by atoms with Crippen molar-refractivity contribution < 1.29 is 32.6 Å². The average Bonchev–Trinajstić information content (AvgIpc) is 3.51. The van der Waals surface area contributed by atoms with Gasteiger partial charge in [-0.2, -0.15) is 0 Å². The van der Waals surface area contributed by atoms with Crippen LogP contribution in [0.25, 0.3) is 0 Å². The summed E-state index contributed by atoms with van der Waals surface area (Å²) in [5.41, 5.74) is 1.81. The van der Waals surface area contributed by atoms with Crippen LogP contribution in [0.3, 0.4) is 0 Å². The van der Waals surface area contributed by atoms with E-state index in [1.54, 1.807) is 20.8 Å². The third-order valence-corrected chi connectivity index (χ3v) is 9.38. The molecular formula is C26H33F2N3O5S2. The van der Waals surface area contributed by atoms with Crippen LogP contribution in [-0.2, 0) is 52.5 Å². The van der Waals surface area contributed by atoms with Crippen LogP contribution in [0.1, 0.15) is 75.8 Å². The van der Waals surface area contributed by atoms with E-state index < -0.39 is 29.3 Å². The summed E-state index contributed by atoms with van der Waals surface area (Å²) in [7, 11) is 0. The number of alkyl halides is 2. The molecule has 0 bridgehead atoms. The maximum atomic E-state index is 14.4. The number of anilines is 1. The first kappa shape index (κ1) is 27.4. The average molecular weight is 570 g/mol. The fraction of sp³-hybridized carbons (Fsp3) is 0.615. The van der Waals surface area contributed by atoms with Crippen molar-refractivity contribution in [3.05, 3.63) is 36.9 Å². The normalized spacial score (nSPS) is 18.7. The van der Waals surface area contributed by atoms with Gasteiger partial charge in [-0.25, -0.2) is 18.4 Å². The smallest absolute Gasteiger partial charge is 0.341 e. The maximum absolute atomic E-state index is 14.4. The predicted molar refractivity (Wildman–Crippen MR) is 141 cm³/mol. The number of urea groups is 1. The van der Waals surface area contributed by atoms with Gasteiger partial charge in [-0.05, 0) is 56.8 Å². The van der Waals surface area contributed by atoms with E-state index in [9.17, 15) is 18.4 Å². The molecule has 2 aromatic heterocycles. The van der Waals surface area contributed by atoms with Gasteiger partial charge in [-0.3, -0.25) is 5.32 Å². The van der Waals surface area contributed by atoms with Gasteiger partial charge in [0.1, 0.15) is 10.6 Å². The molecule has 2 aromatic rings. The molecule has 1 fully saturated rings. The van der Waals surface area contributed by atoms with Gasteiger partial charge in [0.05, 0.1) is 23.7 Å². The highest BCUT2D eigenvalue weighted by molar-refractivity contribution is 7.17. The first-order valence-electron chi connectivity index (χ1n) is 12.8. The lowest BCUT2D eigenvalue weighted by Crippen LogP contribution is -2.36. The van der Waals surface area contributed by atoms with E-state index in [0.717, 1.165) is 39.1 Å². The third kappa shape index (κ3) is 5.60. The Balaban J connectivity index is 1.38. The van der Waals surface area contributed by atoms with Crippen LogP contribution in [0, 0.1) is 0 Å². The van der Waals surface area contributed by atoms with E-state index in [0.29, 0.717) is 68.1 Å². The monoisotopic (exact) mass is 569 g/mol. The van der Waals surface area contributed by atoms with Crippen molar-refractivity contribution in [1.82, 2.24) is 10.6 Å². The first-order chi connectivity index (χ1) is 17.9. The highest BCUT2D eigenvalue weighted by Gasteiger charge is 2.43. The molecule has 3 aliphatic rings. The molecule has 208 valence electrons. The summed E-state index contributed by atoms with van der Waals surface area (Å²) < 4.78 is 46.2. The van der Waals surface area contributed by atoms with E-state index in [4.69, 9.17) is 14.2 Å². The summed E-state index contributed by atoms with van der Waals surface area (Å²) in [6.45, 7) is 8.51. The van der Waals surface area contributed by atoms with Crippen LogP contribution in [0.15, 0.2) is 0 Å². The molecule has 38 heavy (non-hydrogen) atoms. The Morgan fingerprint density at radius 3 is 2.50 bits per heavy atom. The van der Waals surface area contributed by atoms with E-state index in [1.807, 2.05) is 0 Å². The van der Waals surface area contributed by atoms with Crippen LogP contribution in [-0.4, -0.2) is 43.1 Å². The van der Waals surface area contributed by atoms with E-state index >= 15 is 0 Å². The zero-order valence-electron chi connectivity index (χ0n) is 22.0. The standard InChI is InChI=1S/C26H33F2N3O5S2/c1-24(2,3)36-22(32)19-15-5-7-26(34-9-10-35-26)11-17(15)38-21(19)31-23(33)30-12-16-14-6-8-29-13-18(14)37-20(16)25(4,27)28/h29H,5-13H2,1-4H3,(H2,30,31,33). The van der Waals surface area contributed by atoms with Gasteiger partial charge in [-0.15, -0.1) is 22.7 Å². The Labute approximate surface area is 228 Å². The number of ether oxygens (including phenoxy) is 3. The Kier molecular flexibility index (Phi) is 7.31. The van der Waals surface area contributed by atoms with Crippen molar-refractivity contribution in [2.75, 3.05) is 25.1 Å². The van der Waals surface area contributed by atoms with Crippen molar-refractivity contribution in [2.24, 2.45) is 0 Å². The van der Waals surface area contributed by atoms with Crippen molar-refractivity contribution >= 4 is 39.7 Å². The molecule has 8 nitrogen and oxygen atoms in total. The fourth-order valence-electron chi connectivity index (χ4n) is 5.20. The van der Waals surface area contributed by atoms with Gasteiger partial charge in [0.15, 0.2) is 5.79 Å². The molecule has 2 aliphatic heterocycles. The molecule has 12 heteroatoms. The number of thiophene rings is 2. The number of amides is 2. The molecule has 0 saturated carbocycles. The van der Waals surface area contributed by atoms with E-state index in [1.165, 1.54) is 11.3 Å². The Morgan fingerprint density at radius 1 is 1.08 bits per heavy atom. The summed E-state index contributed by atoms with van der Waals surface area (Å²) in [6, 6.07) is -0.573. The number of hydrogen-bond acceptors (Lipinski definition) is 8. The lowest BCUT2D eigenvalue weighted by atomic mass is 9.90. The summed E-state index contributed by atoms with van der Waals surface area (Å²) in [5, 5.41) is 9.13. The maximum Gasteiger partial charge on any atom is 0.341 e. The van der Waals surface area contributed by atoms with Crippen molar-refractivity contribution in [3.8, 4) is 0 Å². The number of esters is 1. The summed E-state index contributed by atoms with van der Waals surface area (Å²) in [6.07, 6.45) is 2.26. The molecule has 2 amide bonds. The highest BCUT2D eigenvalue weighted by atomic mass is 32.1. The molecule has 3 N–H and O–H groups in total. The number of fused-ring (bicyclic) bond motifs is 2. The van der Waals surface area contributed by atoms with Crippen LogP contribution in [0.2, 0.25) is 0 Å². The molecule has 0 atom stereocenters. The first-order valence-corrected chi connectivity index (χ1v) is 14.4. The molecule has 1 spiro atoms. The third-order valence-electron chi connectivity index (χ3n) is 6.78. The second-order valence-electron chi connectivity index (χ2n) is 10.9. The Hall–Kier alpha value is -2.12. The van der Waals surface area contributed by atoms with Crippen molar-refractivity contribution in [3.63, 3.8) is 0 Å². The minimum atomic E-state index is -3.01. The second-order valence-corrected chi connectivity index (χ2v) is 13.1.